The number of benzene rings is 2. The molecule has 0 aliphatic carbocycles. The van der Waals surface area contributed by atoms with Crippen LogP contribution in [-0.4, -0.2) is 105 Å². The average molecular weight is 853 g/mol. The zero-order valence-electron chi connectivity index (χ0n) is 37.2. The maximum atomic E-state index is 13.7. The van der Waals surface area contributed by atoms with Gasteiger partial charge in [0.15, 0.2) is 0 Å². The molecule has 332 valence electrons. The highest BCUT2D eigenvalue weighted by molar-refractivity contribution is 6.32. The molecule has 4 unspecified atom stereocenters. The first kappa shape index (κ1) is 48.7. The van der Waals surface area contributed by atoms with Gasteiger partial charge in [-0.3, -0.25) is 19.3 Å². The van der Waals surface area contributed by atoms with Crippen LogP contribution in [0.1, 0.15) is 103 Å². The largest absolute Gasteiger partial charge is 0.495 e. The molecule has 0 radical (unpaired) electrons. The number of unbranched alkanes of at least 4 members (excludes halogenated alkanes) is 2. The van der Waals surface area contributed by atoms with Crippen LogP contribution in [0.5, 0.6) is 5.75 Å². The average Bonchev–Trinajstić information content (AvgIpc) is 4.03. The minimum atomic E-state index is -1.08. The van der Waals surface area contributed by atoms with Gasteiger partial charge >= 0.3 is 5.97 Å². The Morgan fingerprint density at radius 1 is 0.933 bits per heavy atom. The van der Waals surface area contributed by atoms with Gasteiger partial charge in [-0.25, -0.2) is 4.79 Å². The summed E-state index contributed by atoms with van der Waals surface area (Å²) in [6.07, 6.45) is 9.46. The Morgan fingerprint density at radius 2 is 1.62 bits per heavy atom. The highest BCUT2D eigenvalue weighted by Crippen LogP contribution is 2.44. The number of rotatable bonds is 24. The fourth-order valence-corrected chi connectivity index (χ4v) is 7.84. The first-order chi connectivity index (χ1) is 28.6. The number of piperazine rings is 1. The van der Waals surface area contributed by atoms with E-state index in [1.807, 2.05) is 19.9 Å². The van der Waals surface area contributed by atoms with Gasteiger partial charge in [0.1, 0.15) is 23.9 Å². The number of carbonyl (C=O) groups excluding carboxylic acids is 4. The van der Waals surface area contributed by atoms with E-state index in [9.17, 15) is 19.2 Å². The molecular weight excluding hydrogens is 782 g/mol. The smallest absolute Gasteiger partial charge is 0.328 e. The molecule has 13 heteroatoms. The summed E-state index contributed by atoms with van der Waals surface area (Å²) in [6, 6.07) is 12.3. The lowest BCUT2D eigenvalue weighted by Gasteiger charge is -2.34. The van der Waals surface area contributed by atoms with Gasteiger partial charge in [0.05, 0.1) is 30.8 Å². The number of ether oxygens (including phenoxy) is 3. The van der Waals surface area contributed by atoms with E-state index in [2.05, 4.69) is 63.9 Å². The third-order valence-electron chi connectivity index (χ3n) is 11.5. The number of esters is 1. The maximum absolute atomic E-state index is 13.7. The van der Waals surface area contributed by atoms with Gasteiger partial charge in [0.2, 0.25) is 17.7 Å². The second-order valence-corrected chi connectivity index (χ2v) is 18.0. The summed E-state index contributed by atoms with van der Waals surface area (Å²) in [4.78, 5) is 57.6. The fraction of sp³-hybridized carbons (Fsp3) is 0.617. The van der Waals surface area contributed by atoms with E-state index in [0.29, 0.717) is 35.1 Å². The molecule has 3 N–H and O–H groups in total. The number of carbonyl (C=O) groups is 4. The summed E-state index contributed by atoms with van der Waals surface area (Å²) in [7, 11) is 2.80. The molecule has 5 atom stereocenters. The lowest BCUT2D eigenvalue weighted by atomic mass is 9.91. The van der Waals surface area contributed by atoms with E-state index in [1.54, 1.807) is 32.0 Å². The number of amides is 3. The van der Waals surface area contributed by atoms with Gasteiger partial charge in [-0.15, -0.1) is 0 Å². The fourth-order valence-electron chi connectivity index (χ4n) is 7.56. The van der Waals surface area contributed by atoms with Crippen molar-refractivity contribution >= 4 is 35.3 Å². The molecule has 2 aliphatic heterocycles. The summed E-state index contributed by atoms with van der Waals surface area (Å²) in [6.45, 7) is 18.4. The van der Waals surface area contributed by atoms with Gasteiger partial charge in [0.25, 0.3) is 0 Å². The van der Waals surface area contributed by atoms with E-state index >= 15 is 0 Å². The Balaban J connectivity index is 1.26. The molecule has 60 heavy (non-hydrogen) atoms. The van der Waals surface area contributed by atoms with Crippen LogP contribution in [0.4, 0.5) is 0 Å². The van der Waals surface area contributed by atoms with Gasteiger partial charge in [0, 0.05) is 45.7 Å². The van der Waals surface area contributed by atoms with Crippen molar-refractivity contribution in [2.45, 2.75) is 117 Å². The van der Waals surface area contributed by atoms with Crippen LogP contribution in [0, 0.1) is 17.3 Å². The third kappa shape index (κ3) is 15.5. The van der Waals surface area contributed by atoms with Crippen molar-refractivity contribution in [3.05, 3.63) is 76.3 Å². The highest BCUT2D eigenvalue weighted by atomic mass is 35.5. The predicted molar refractivity (Wildman–Crippen MR) is 237 cm³/mol. The van der Waals surface area contributed by atoms with Crippen molar-refractivity contribution in [2.75, 3.05) is 53.5 Å². The van der Waals surface area contributed by atoms with Crippen LogP contribution in [-0.2, 0) is 41.6 Å². The van der Waals surface area contributed by atoms with E-state index in [-0.39, 0.29) is 31.1 Å². The van der Waals surface area contributed by atoms with Crippen molar-refractivity contribution < 1.29 is 33.4 Å². The Bertz CT molecular complexity index is 1730. The summed E-state index contributed by atoms with van der Waals surface area (Å²) in [5.74, 6) is -0.892. The normalized spacial score (nSPS) is 18.8. The number of hydrogen-bond donors (Lipinski definition) is 3. The number of epoxide rings is 1. The minimum absolute atomic E-state index is 0.0397. The molecule has 3 amide bonds. The molecule has 2 fully saturated rings. The van der Waals surface area contributed by atoms with Crippen LogP contribution >= 0.6 is 11.6 Å². The SMILES string of the molecule is CCCCCN1CCN(Cc2ccc(C3OC3C(C)CC/C=C/C(=O)N[C@H](Cc3ccc(OC)c(Cl)c3)C(=O)NCC(C)(C)C(=O)NC(CC(C)C)C(=O)OC)cc2)CC1. The molecule has 0 spiro atoms. The van der Waals surface area contributed by atoms with Crippen molar-refractivity contribution in [3.63, 3.8) is 0 Å². The van der Waals surface area contributed by atoms with Crippen LogP contribution in [0.15, 0.2) is 54.6 Å². The van der Waals surface area contributed by atoms with Crippen molar-refractivity contribution in [2.24, 2.45) is 17.3 Å². The highest BCUT2D eigenvalue weighted by Gasteiger charge is 2.43. The van der Waals surface area contributed by atoms with Crippen LogP contribution in [0.2, 0.25) is 5.02 Å². The molecule has 2 heterocycles. The molecule has 2 aromatic carbocycles. The molecule has 0 aromatic heterocycles. The maximum Gasteiger partial charge on any atom is 0.328 e. The monoisotopic (exact) mass is 851 g/mol. The molecule has 2 aromatic rings. The standard InChI is InChI=1S/C47H70ClN5O7/c1-9-10-13-22-52-23-25-53(26-24-52)30-34-16-19-36(20-17-34)43-42(60-43)33(4)14-11-12-15-41(54)50-38(29-35-18-21-40(58-7)37(48)28-35)44(55)49-31-47(5,6)46(57)51-39(27-32(2)3)45(56)59-8/h12,15-21,28,32-33,38-39,42-43H,9-11,13-14,22-27,29-31H2,1-8H3,(H,49,55)(H,50,54)(H,51,57)/b15-12+/t33?,38-,39?,42?,43?/m1/s1. The summed E-state index contributed by atoms with van der Waals surface area (Å²) in [5, 5.41) is 8.85. The molecule has 2 saturated heterocycles. The van der Waals surface area contributed by atoms with E-state index in [4.69, 9.17) is 25.8 Å². The Kier molecular flexibility index (Phi) is 19.4. The zero-order chi connectivity index (χ0) is 43.8. The minimum Gasteiger partial charge on any atom is -0.495 e. The lowest BCUT2D eigenvalue weighted by Crippen LogP contribution is -2.53. The molecule has 0 bridgehead atoms. The summed E-state index contributed by atoms with van der Waals surface area (Å²) < 4.78 is 16.3. The van der Waals surface area contributed by atoms with Crippen molar-refractivity contribution in [1.82, 2.24) is 25.8 Å². The van der Waals surface area contributed by atoms with Crippen molar-refractivity contribution in [1.29, 1.82) is 0 Å². The molecule has 12 nitrogen and oxygen atoms in total. The molecular formula is C47H70ClN5O7. The first-order valence-electron chi connectivity index (χ1n) is 21.8. The predicted octanol–water partition coefficient (Wildman–Crippen LogP) is 6.64. The number of halogens is 1. The molecule has 4 rings (SSSR count). The quantitative estimate of drug-likeness (QED) is 0.0459. The van der Waals surface area contributed by atoms with Crippen molar-refractivity contribution in [3.8, 4) is 5.75 Å². The Labute approximate surface area is 363 Å². The number of allylic oxidation sites excluding steroid dienone is 1. The number of methoxy groups -OCH3 is 2. The first-order valence-corrected chi connectivity index (χ1v) is 22.2. The lowest BCUT2D eigenvalue weighted by molar-refractivity contribution is -0.147. The van der Waals surface area contributed by atoms with Gasteiger partial charge in [-0.1, -0.05) is 88.5 Å². The van der Waals surface area contributed by atoms with Crippen LogP contribution in [0.3, 0.4) is 0 Å². The second kappa shape index (κ2) is 23.9. The second-order valence-electron chi connectivity index (χ2n) is 17.6. The molecule has 0 saturated carbocycles. The van der Waals surface area contributed by atoms with Crippen LogP contribution in [0.25, 0.3) is 0 Å². The summed E-state index contributed by atoms with van der Waals surface area (Å²) >= 11 is 6.38. The van der Waals surface area contributed by atoms with E-state index in [1.165, 1.54) is 57.2 Å². The third-order valence-corrected chi connectivity index (χ3v) is 11.8. The van der Waals surface area contributed by atoms with E-state index < -0.39 is 41.2 Å². The number of hydrogen-bond acceptors (Lipinski definition) is 9. The van der Waals surface area contributed by atoms with Gasteiger partial charge < -0.3 is 35.1 Å². The topological polar surface area (TPSA) is 142 Å². The Hall–Kier alpha value is -3.97. The van der Waals surface area contributed by atoms with Crippen LogP contribution < -0.4 is 20.7 Å². The number of nitrogens with one attached hydrogen (secondary N) is 3. The summed E-state index contributed by atoms with van der Waals surface area (Å²) in [5.41, 5.74) is 2.17. The Morgan fingerprint density at radius 3 is 2.25 bits per heavy atom. The van der Waals surface area contributed by atoms with E-state index in [0.717, 1.165) is 39.1 Å². The zero-order valence-corrected chi connectivity index (χ0v) is 37.9. The van der Waals surface area contributed by atoms with Gasteiger partial charge in [-0.05, 0) is 92.8 Å². The molecule has 2 aliphatic rings. The number of nitrogens with zero attached hydrogens (tertiary/aromatic N) is 2. The van der Waals surface area contributed by atoms with Gasteiger partial charge in [-0.2, -0.15) is 0 Å².